The number of carbonyl (C=O) groups is 2. The van der Waals surface area contributed by atoms with E-state index < -0.39 is 5.97 Å². The smallest absolute Gasteiger partial charge is 0.354 e. The standard InChI is InChI=1S/C12H11NO4/c1-16-12(15)11-5-9-4-8(6-17-7-14)2-3-10(9)13-11/h2-5,7,13H,6H2,1H3. The number of aromatic nitrogens is 1. The lowest BCUT2D eigenvalue weighted by Crippen LogP contribution is -2.00. The SMILES string of the molecule is COC(=O)c1cc2cc(COC=O)ccc2[nH]1. The van der Waals surface area contributed by atoms with Gasteiger partial charge in [0.25, 0.3) is 6.47 Å². The fraction of sp³-hybridized carbons (Fsp3) is 0.167. The van der Waals surface area contributed by atoms with Crippen LogP contribution in [-0.4, -0.2) is 24.5 Å². The number of hydrogen-bond acceptors (Lipinski definition) is 4. The Balaban J connectivity index is 2.34. The van der Waals surface area contributed by atoms with Gasteiger partial charge in [0.1, 0.15) is 12.3 Å². The van der Waals surface area contributed by atoms with Crippen molar-refractivity contribution in [3.05, 3.63) is 35.5 Å². The van der Waals surface area contributed by atoms with Gasteiger partial charge < -0.3 is 14.5 Å². The topological polar surface area (TPSA) is 68.4 Å². The Kier molecular flexibility index (Phi) is 3.09. The van der Waals surface area contributed by atoms with Gasteiger partial charge in [0, 0.05) is 10.9 Å². The fourth-order valence-electron chi connectivity index (χ4n) is 1.62. The summed E-state index contributed by atoms with van der Waals surface area (Å²) in [5, 5.41) is 0.873. The number of carbonyl (C=O) groups excluding carboxylic acids is 2. The molecule has 1 N–H and O–H groups in total. The maximum atomic E-state index is 11.3. The van der Waals surface area contributed by atoms with Crippen LogP contribution in [0.4, 0.5) is 0 Å². The summed E-state index contributed by atoms with van der Waals surface area (Å²) < 4.78 is 9.28. The fourth-order valence-corrected chi connectivity index (χ4v) is 1.62. The molecular weight excluding hydrogens is 222 g/mol. The van der Waals surface area contributed by atoms with Crippen LogP contribution in [0.1, 0.15) is 16.1 Å². The van der Waals surface area contributed by atoms with E-state index in [1.54, 1.807) is 6.07 Å². The Bertz CT molecular complexity index is 559. The van der Waals surface area contributed by atoms with Gasteiger partial charge in [-0.3, -0.25) is 4.79 Å². The zero-order chi connectivity index (χ0) is 12.3. The molecule has 0 saturated carbocycles. The molecule has 1 aromatic carbocycles. The Morgan fingerprint density at radius 2 is 2.24 bits per heavy atom. The first-order valence-corrected chi connectivity index (χ1v) is 5.00. The summed E-state index contributed by atoms with van der Waals surface area (Å²) in [7, 11) is 1.33. The summed E-state index contributed by atoms with van der Waals surface area (Å²) in [6.45, 7) is 0.624. The number of H-pyrrole nitrogens is 1. The predicted octanol–water partition coefficient (Wildman–Crippen LogP) is 1.63. The third kappa shape index (κ3) is 2.28. The van der Waals surface area contributed by atoms with Gasteiger partial charge >= 0.3 is 5.97 Å². The first kappa shape index (κ1) is 11.2. The molecular formula is C12H11NO4. The number of benzene rings is 1. The minimum absolute atomic E-state index is 0.220. The molecule has 0 atom stereocenters. The van der Waals surface area contributed by atoms with Crippen molar-refractivity contribution < 1.29 is 19.1 Å². The van der Waals surface area contributed by atoms with E-state index in [-0.39, 0.29) is 6.61 Å². The molecule has 0 radical (unpaired) electrons. The third-order valence-electron chi connectivity index (χ3n) is 2.41. The van der Waals surface area contributed by atoms with Crippen molar-refractivity contribution in [1.82, 2.24) is 4.98 Å². The first-order valence-electron chi connectivity index (χ1n) is 5.00. The number of rotatable bonds is 4. The van der Waals surface area contributed by atoms with Crippen LogP contribution in [-0.2, 0) is 20.9 Å². The van der Waals surface area contributed by atoms with E-state index in [4.69, 9.17) is 0 Å². The maximum absolute atomic E-state index is 11.3. The van der Waals surface area contributed by atoms with E-state index in [1.807, 2.05) is 18.2 Å². The van der Waals surface area contributed by atoms with Gasteiger partial charge in [-0.05, 0) is 23.8 Å². The second-order valence-corrected chi connectivity index (χ2v) is 3.50. The molecule has 1 heterocycles. The Morgan fingerprint density at radius 3 is 2.94 bits per heavy atom. The van der Waals surface area contributed by atoms with Gasteiger partial charge in [-0.2, -0.15) is 0 Å². The monoisotopic (exact) mass is 233 g/mol. The van der Waals surface area contributed by atoms with E-state index in [2.05, 4.69) is 14.5 Å². The maximum Gasteiger partial charge on any atom is 0.354 e. The van der Waals surface area contributed by atoms with Crippen LogP contribution in [0, 0.1) is 0 Å². The van der Waals surface area contributed by atoms with E-state index in [0.29, 0.717) is 12.2 Å². The summed E-state index contributed by atoms with van der Waals surface area (Å²) in [5.74, 6) is -0.410. The number of aromatic amines is 1. The molecule has 1 aromatic heterocycles. The van der Waals surface area contributed by atoms with Crippen molar-refractivity contribution in [2.45, 2.75) is 6.61 Å². The predicted molar refractivity (Wildman–Crippen MR) is 60.5 cm³/mol. The highest BCUT2D eigenvalue weighted by atomic mass is 16.5. The summed E-state index contributed by atoms with van der Waals surface area (Å²) in [6.07, 6.45) is 0. The molecule has 17 heavy (non-hydrogen) atoms. The van der Waals surface area contributed by atoms with E-state index in [1.165, 1.54) is 7.11 Å². The van der Waals surface area contributed by atoms with Crippen molar-refractivity contribution >= 4 is 23.3 Å². The van der Waals surface area contributed by atoms with Crippen LogP contribution in [0.25, 0.3) is 10.9 Å². The molecule has 0 bridgehead atoms. The average Bonchev–Trinajstić information content (AvgIpc) is 2.78. The van der Waals surface area contributed by atoms with Crippen LogP contribution in [0.3, 0.4) is 0 Å². The highest BCUT2D eigenvalue weighted by molar-refractivity contribution is 5.94. The van der Waals surface area contributed by atoms with Crippen LogP contribution >= 0.6 is 0 Å². The van der Waals surface area contributed by atoms with Crippen molar-refractivity contribution in [2.24, 2.45) is 0 Å². The number of hydrogen-bond donors (Lipinski definition) is 1. The van der Waals surface area contributed by atoms with Crippen molar-refractivity contribution in [3.63, 3.8) is 0 Å². The van der Waals surface area contributed by atoms with Crippen LogP contribution in [0.2, 0.25) is 0 Å². The van der Waals surface area contributed by atoms with Crippen molar-refractivity contribution in [2.75, 3.05) is 7.11 Å². The van der Waals surface area contributed by atoms with Gasteiger partial charge in [0.15, 0.2) is 0 Å². The molecule has 0 spiro atoms. The molecule has 0 unspecified atom stereocenters. The Labute approximate surface area is 97.3 Å². The summed E-state index contributed by atoms with van der Waals surface area (Å²) in [5.41, 5.74) is 2.09. The molecule has 5 nitrogen and oxygen atoms in total. The van der Waals surface area contributed by atoms with Gasteiger partial charge in [0.05, 0.1) is 7.11 Å². The second kappa shape index (κ2) is 4.69. The Hall–Kier alpha value is -2.30. The van der Waals surface area contributed by atoms with E-state index in [0.717, 1.165) is 16.5 Å². The number of nitrogens with one attached hydrogen (secondary N) is 1. The van der Waals surface area contributed by atoms with Crippen LogP contribution in [0.15, 0.2) is 24.3 Å². The van der Waals surface area contributed by atoms with Gasteiger partial charge in [0.2, 0.25) is 0 Å². The number of fused-ring (bicyclic) bond motifs is 1. The largest absolute Gasteiger partial charge is 0.464 e. The number of esters is 1. The van der Waals surface area contributed by atoms with Crippen LogP contribution in [0.5, 0.6) is 0 Å². The number of methoxy groups -OCH3 is 1. The molecule has 0 fully saturated rings. The molecule has 5 heteroatoms. The molecule has 0 aliphatic heterocycles. The lowest BCUT2D eigenvalue weighted by molar-refractivity contribution is -0.129. The minimum Gasteiger partial charge on any atom is -0.464 e. The normalized spacial score (nSPS) is 10.2. The summed E-state index contributed by atoms with van der Waals surface area (Å²) >= 11 is 0. The van der Waals surface area contributed by atoms with Gasteiger partial charge in [-0.1, -0.05) is 6.07 Å². The third-order valence-corrected chi connectivity index (χ3v) is 2.41. The summed E-state index contributed by atoms with van der Waals surface area (Å²) in [6, 6.07) is 7.20. The molecule has 0 aliphatic carbocycles. The van der Waals surface area contributed by atoms with Crippen LogP contribution < -0.4 is 0 Å². The molecule has 0 aliphatic rings. The second-order valence-electron chi connectivity index (χ2n) is 3.50. The average molecular weight is 233 g/mol. The lowest BCUT2D eigenvalue weighted by Gasteiger charge is -1.98. The van der Waals surface area contributed by atoms with E-state index >= 15 is 0 Å². The van der Waals surface area contributed by atoms with E-state index in [9.17, 15) is 9.59 Å². The molecule has 2 aromatic rings. The zero-order valence-corrected chi connectivity index (χ0v) is 9.23. The minimum atomic E-state index is -0.410. The first-order chi connectivity index (χ1) is 8.24. The quantitative estimate of drug-likeness (QED) is 0.643. The highest BCUT2D eigenvalue weighted by Gasteiger charge is 2.09. The Morgan fingerprint density at radius 1 is 1.41 bits per heavy atom. The highest BCUT2D eigenvalue weighted by Crippen LogP contribution is 2.18. The molecule has 0 saturated heterocycles. The molecule has 0 amide bonds. The van der Waals surface area contributed by atoms with Crippen molar-refractivity contribution in [1.29, 1.82) is 0 Å². The van der Waals surface area contributed by atoms with Gasteiger partial charge in [-0.25, -0.2) is 4.79 Å². The number of ether oxygens (including phenoxy) is 2. The van der Waals surface area contributed by atoms with Crippen molar-refractivity contribution in [3.8, 4) is 0 Å². The zero-order valence-electron chi connectivity index (χ0n) is 9.23. The molecule has 88 valence electrons. The summed E-state index contributed by atoms with van der Waals surface area (Å²) in [4.78, 5) is 24.3. The lowest BCUT2D eigenvalue weighted by atomic mass is 10.1. The van der Waals surface area contributed by atoms with Gasteiger partial charge in [-0.15, -0.1) is 0 Å². The molecule has 2 rings (SSSR count).